The lowest BCUT2D eigenvalue weighted by Gasteiger charge is -2.13. The molecule has 3 rings (SSSR count). The van der Waals surface area contributed by atoms with Gasteiger partial charge in [-0.05, 0) is 43.7 Å². The van der Waals surface area contributed by atoms with Gasteiger partial charge in [0.15, 0.2) is 0 Å². The van der Waals surface area contributed by atoms with E-state index in [0.29, 0.717) is 17.1 Å². The third-order valence-corrected chi connectivity index (χ3v) is 4.52. The van der Waals surface area contributed by atoms with E-state index in [1.165, 1.54) is 6.21 Å². The molecule has 0 radical (unpaired) electrons. The van der Waals surface area contributed by atoms with Crippen LogP contribution in [-0.2, 0) is 0 Å². The first-order valence-electron chi connectivity index (χ1n) is 8.80. The maximum absolute atomic E-state index is 11.4. The quantitative estimate of drug-likeness (QED) is 0.560. The first-order chi connectivity index (χ1) is 13.4. The van der Waals surface area contributed by atoms with Gasteiger partial charge < -0.3 is 21.2 Å². The van der Waals surface area contributed by atoms with Gasteiger partial charge >= 0.3 is 0 Å². The number of anilines is 1. The Hall–Kier alpha value is -3.67. The molecule has 0 fully saturated rings. The monoisotopic (exact) mass is 374 g/mol. The molecule has 0 bridgehead atoms. The number of nitrogens with one attached hydrogen (secondary N) is 2. The third-order valence-electron chi connectivity index (χ3n) is 4.52. The summed E-state index contributed by atoms with van der Waals surface area (Å²) in [4.78, 5) is 15.9. The zero-order valence-corrected chi connectivity index (χ0v) is 16.0. The minimum Gasteiger partial charge on any atom is -0.457 e. The molecule has 3 aromatic rings. The van der Waals surface area contributed by atoms with Gasteiger partial charge in [-0.25, -0.2) is 0 Å². The number of benzene rings is 2. The van der Waals surface area contributed by atoms with Gasteiger partial charge in [0, 0.05) is 59.5 Å². The number of hydrogen-bond donors (Lipinski definition) is 3. The fourth-order valence-corrected chi connectivity index (χ4v) is 2.94. The van der Waals surface area contributed by atoms with Crippen LogP contribution in [0.4, 0.5) is 5.69 Å². The summed E-state index contributed by atoms with van der Waals surface area (Å²) in [5.41, 5.74) is 10.8. The molecule has 6 nitrogen and oxygen atoms in total. The molecule has 0 unspecified atom stereocenters. The Labute approximate surface area is 163 Å². The number of primary amides is 1. The van der Waals surface area contributed by atoms with Gasteiger partial charge in [-0.1, -0.05) is 6.07 Å². The number of carbonyl (C=O) groups is 1. The number of aromatic nitrogens is 1. The summed E-state index contributed by atoms with van der Waals surface area (Å²) < 4.78 is 6.08. The second-order valence-corrected chi connectivity index (χ2v) is 6.47. The average molecular weight is 374 g/mol. The third kappa shape index (κ3) is 3.86. The second-order valence-electron chi connectivity index (χ2n) is 6.47. The Bertz CT molecular complexity index is 1060. The van der Waals surface area contributed by atoms with Crippen molar-refractivity contribution in [1.29, 1.82) is 5.41 Å². The standard InChI is InChI=1S/C22H22N4O2/c1-13-8-15(5-7-18(13)22(24)27)20-10-21(14(2)12-26-20)28-17-6-4-16(11-23)19(9-17)25-3/h4-12,23,25H,1-3H3,(H2,24,27). The molecule has 0 aliphatic rings. The smallest absolute Gasteiger partial charge is 0.248 e. The number of rotatable bonds is 6. The van der Waals surface area contributed by atoms with Crippen LogP contribution in [0, 0.1) is 19.3 Å². The predicted octanol–water partition coefficient (Wildman–Crippen LogP) is 4.30. The zero-order chi connectivity index (χ0) is 20.3. The Morgan fingerprint density at radius 3 is 2.57 bits per heavy atom. The maximum atomic E-state index is 11.4. The van der Waals surface area contributed by atoms with Crippen molar-refractivity contribution in [3.05, 3.63) is 70.9 Å². The second kappa shape index (κ2) is 7.92. The lowest BCUT2D eigenvalue weighted by atomic mass is 10.0. The molecule has 1 aromatic heterocycles. The number of amides is 1. The highest BCUT2D eigenvalue weighted by Gasteiger charge is 2.11. The molecule has 0 aliphatic carbocycles. The lowest BCUT2D eigenvalue weighted by molar-refractivity contribution is 0.0999. The minimum absolute atomic E-state index is 0.446. The molecule has 6 heteroatoms. The normalized spacial score (nSPS) is 10.4. The van der Waals surface area contributed by atoms with Gasteiger partial charge in [0.1, 0.15) is 11.5 Å². The number of carbonyl (C=O) groups excluding carboxylic acids is 1. The van der Waals surface area contributed by atoms with E-state index in [1.54, 1.807) is 19.3 Å². The van der Waals surface area contributed by atoms with Crippen molar-refractivity contribution >= 4 is 17.8 Å². The van der Waals surface area contributed by atoms with E-state index >= 15 is 0 Å². The predicted molar refractivity (Wildman–Crippen MR) is 112 cm³/mol. The highest BCUT2D eigenvalue weighted by molar-refractivity contribution is 5.94. The van der Waals surface area contributed by atoms with Crippen LogP contribution in [0.5, 0.6) is 11.5 Å². The summed E-state index contributed by atoms with van der Waals surface area (Å²) in [6.45, 7) is 3.78. The number of nitrogens with two attached hydrogens (primary N) is 1. The summed E-state index contributed by atoms with van der Waals surface area (Å²) in [6, 6.07) is 12.8. The van der Waals surface area contributed by atoms with Gasteiger partial charge in [-0.15, -0.1) is 0 Å². The highest BCUT2D eigenvalue weighted by Crippen LogP contribution is 2.31. The molecular formula is C22H22N4O2. The van der Waals surface area contributed by atoms with Crippen LogP contribution >= 0.6 is 0 Å². The van der Waals surface area contributed by atoms with Crippen molar-refractivity contribution in [3.63, 3.8) is 0 Å². The van der Waals surface area contributed by atoms with Crippen LogP contribution in [0.2, 0.25) is 0 Å². The fourth-order valence-electron chi connectivity index (χ4n) is 2.94. The molecule has 28 heavy (non-hydrogen) atoms. The highest BCUT2D eigenvalue weighted by atomic mass is 16.5. The van der Waals surface area contributed by atoms with Crippen molar-refractivity contribution in [1.82, 2.24) is 4.98 Å². The molecule has 142 valence electrons. The van der Waals surface area contributed by atoms with Crippen molar-refractivity contribution < 1.29 is 9.53 Å². The molecule has 0 saturated heterocycles. The molecule has 0 atom stereocenters. The molecule has 0 spiro atoms. The van der Waals surface area contributed by atoms with E-state index in [1.807, 2.05) is 50.2 Å². The number of aryl methyl sites for hydroxylation is 2. The SMILES string of the molecule is CNc1cc(Oc2cc(-c3ccc(C(N)=O)c(C)c3)ncc2C)ccc1C=N. The van der Waals surface area contributed by atoms with Crippen LogP contribution in [0.3, 0.4) is 0 Å². The van der Waals surface area contributed by atoms with Gasteiger partial charge in [0.2, 0.25) is 5.91 Å². The molecule has 0 aliphatic heterocycles. The van der Waals surface area contributed by atoms with E-state index in [9.17, 15) is 4.79 Å². The van der Waals surface area contributed by atoms with E-state index in [2.05, 4.69) is 10.3 Å². The van der Waals surface area contributed by atoms with E-state index in [0.717, 1.165) is 33.6 Å². The first-order valence-corrected chi connectivity index (χ1v) is 8.80. The molecule has 2 aromatic carbocycles. The van der Waals surface area contributed by atoms with Crippen molar-refractivity contribution in [2.24, 2.45) is 5.73 Å². The minimum atomic E-state index is -0.446. The van der Waals surface area contributed by atoms with Crippen LogP contribution in [0.1, 0.15) is 27.0 Å². The molecular weight excluding hydrogens is 352 g/mol. The molecule has 0 saturated carbocycles. The van der Waals surface area contributed by atoms with Crippen molar-refractivity contribution in [2.75, 3.05) is 12.4 Å². The Morgan fingerprint density at radius 2 is 1.93 bits per heavy atom. The van der Waals surface area contributed by atoms with Crippen LogP contribution in [0.25, 0.3) is 11.3 Å². The van der Waals surface area contributed by atoms with E-state index in [4.69, 9.17) is 15.9 Å². The average Bonchev–Trinajstić information content (AvgIpc) is 2.69. The first kappa shape index (κ1) is 19.1. The number of pyridine rings is 1. The maximum Gasteiger partial charge on any atom is 0.248 e. The van der Waals surface area contributed by atoms with Crippen molar-refractivity contribution in [2.45, 2.75) is 13.8 Å². The van der Waals surface area contributed by atoms with Crippen LogP contribution in [-0.4, -0.2) is 24.2 Å². The van der Waals surface area contributed by atoms with E-state index < -0.39 is 5.91 Å². The fraction of sp³-hybridized carbons (Fsp3) is 0.136. The van der Waals surface area contributed by atoms with Gasteiger partial charge in [-0.2, -0.15) is 0 Å². The number of ether oxygens (including phenoxy) is 1. The van der Waals surface area contributed by atoms with Crippen LogP contribution < -0.4 is 15.8 Å². The summed E-state index contributed by atoms with van der Waals surface area (Å²) in [5, 5.41) is 10.5. The van der Waals surface area contributed by atoms with Gasteiger partial charge in [0.25, 0.3) is 0 Å². The summed E-state index contributed by atoms with van der Waals surface area (Å²) >= 11 is 0. The topological polar surface area (TPSA) is 101 Å². The largest absolute Gasteiger partial charge is 0.457 e. The summed E-state index contributed by atoms with van der Waals surface area (Å²) in [5.74, 6) is 0.903. The molecule has 4 N–H and O–H groups in total. The Balaban J connectivity index is 1.95. The van der Waals surface area contributed by atoms with Gasteiger partial charge in [0.05, 0.1) is 5.69 Å². The summed E-state index contributed by atoms with van der Waals surface area (Å²) in [6.07, 6.45) is 3.05. The number of nitrogens with zero attached hydrogens (tertiary/aromatic N) is 1. The van der Waals surface area contributed by atoms with E-state index in [-0.39, 0.29) is 0 Å². The van der Waals surface area contributed by atoms with Crippen molar-refractivity contribution in [3.8, 4) is 22.8 Å². The molecule has 1 amide bonds. The lowest BCUT2D eigenvalue weighted by Crippen LogP contribution is -2.12. The van der Waals surface area contributed by atoms with Crippen LogP contribution in [0.15, 0.2) is 48.7 Å². The Kier molecular flexibility index (Phi) is 5.40. The summed E-state index contributed by atoms with van der Waals surface area (Å²) in [7, 11) is 1.81. The molecule has 1 heterocycles. The Morgan fingerprint density at radius 1 is 1.14 bits per heavy atom. The zero-order valence-electron chi connectivity index (χ0n) is 16.0. The number of hydrogen-bond acceptors (Lipinski definition) is 5. The van der Waals surface area contributed by atoms with Gasteiger partial charge in [-0.3, -0.25) is 9.78 Å².